The van der Waals surface area contributed by atoms with Crippen molar-refractivity contribution in [3.05, 3.63) is 18.3 Å². The van der Waals surface area contributed by atoms with Crippen molar-refractivity contribution in [3.8, 4) is 5.75 Å². The molecular formula is C10H15N5O2. The van der Waals surface area contributed by atoms with Gasteiger partial charge in [0.1, 0.15) is 0 Å². The minimum absolute atomic E-state index is 0.0518. The highest BCUT2D eigenvalue weighted by Gasteiger charge is 2.05. The Morgan fingerprint density at radius 2 is 2.41 bits per heavy atom. The highest BCUT2D eigenvalue weighted by Crippen LogP contribution is 2.23. The third-order valence-electron chi connectivity index (χ3n) is 1.75. The lowest BCUT2D eigenvalue weighted by atomic mass is 10.4. The van der Waals surface area contributed by atoms with E-state index >= 15 is 0 Å². The smallest absolute Gasteiger partial charge is 0.321 e. The number of nitrogens with zero attached hydrogens (tertiary/aromatic N) is 2. The monoisotopic (exact) mass is 237 g/mol. The van der Waals surface area contributed by atoms with Crippen LogP contribution in [0, 0.1) is 0 Å². The van der Waals surface area contributed by atoms with Crippen LogP contribution >= 0.6 is 0 Å². The van der Waals surface area contributed by atoms with E-state index in [4.69, 9.17) is 10.5 Å². The van der Waals surface area contributed by atoms with Crippen molar-refractivity contribution in [2.75, 3.05) is 13.7 Å². The number of hydrogen-bond donors (Lipinski definition) is 3. The van der Waals surface area contributed by atoms with Gasteiger partial charge in [-0.1, -0.05) is 0 Å². The van der Waals surface area contributed by atoms with E-state index in [-0.39, 0.29) is 5.96 Å². The first-order chi connectivity index (χ1) is 8.17. The molecule has 0 atom stereocenters. The summed E-state index contributed by atoms with van der Waals surface area (Å²) in [5, 5.41) is 4.69. The predicted octanol–water partition coefficient (Wildman–Crippen LogP) is 0.355. The Bertz CT molecular complexity index is 419. The molecule has 7 heteroatoms. The first kappa shape index (κ1) is 12.8. The highest BCUT2D eigenvalue weighted by atomic mass is 16.5. The molecule has 0 aliphatic carbocycles. The number of pyridine rings is 1. The van der Waals surface area contributed by atoms with E-state index in [1.54, 1.807) is 18.3 Å². The number of nitrogens with one attached hydrogen (secondary N) is 2. The molecule has 92 valence electrons. The molecule has 1 heterocycles. The molecule has 1 aromatic rings. The normalized spacial score (nSPS) is 10.8. The SMILES string of the molecule is CCOc1cccnc1/N=C(\N)NC(=O)NC. The van der Waals surface area contributed by atoms with Gasteiger partial charge in [-0.2, -0.15) is 4.99 Å². The van der Waals surface area contributed by atoms with Crippen LogP contribution in [-0.4, -0.2) is 30.6 Å². The molecule has 2 amide bonds. The highest BCUT2D eigenvalue weighted by molar-refractivity contribution is 5.96. The number of carbonyl (C=O) groups is 1. The van der Waals surface area contributed by atoms with Crippen molar-refractivity contribution in [3.63, 3.8) is 0 Å². The zero-order valence-electron chi connectivity index (χ0n) is 9.73. The fraction of sp³-hybridized carbons (Fsp3) is 0.300. The second-order valence-corrected chi connectivity index (χ2v) is 2.96. The molecule has 0 fully saturated rings. The lowest BCUT2D eigenvalue weighted by Crippen LogP contribution is -2.41. The van der Waals surface area contributed by atoms with E-state index < -0.39 is 6.03 Å². The van der Waals surface area contributed by atoms with E-state index in [1.165, 1.54) is 7.05 Å². The minimum Gasteiger partial charge on any atom is -0.490 e. The standard InChI is InChI=1S/C10H15N5O2/c1-3-17-7-5-4-6-13-8(7)14-9(11)15-10(16)12-2/h4-6H,3H2,1-2H3,(H4,11,12,13,14,15,16). The van der Waals surface area contributed by atoms with Crippen LogP contribution in [0.3, 0.4) is 0 Å². The van der Waals surface area contributed by atoms with Crippen LogP contribution in [0.1, 0.15) is 6.92 Å². The third kappa shape index (κ3) is 3.98. The summed E-state index contributed by atoms with van der Waals surface area (Å²) in [6.45, 7) is 2.35. The Kier molecular flexibility index (Phi) is 4.74. The van der Waals surface area contributed by atoms with Crippen molar-refractivity contribution in [1.82, 2.24) is 15.6 Å². The van der Waals surface area contributed by atoms with Crippen molar-refractivity contribution < 1.29 is 9.53 Å². The summed E-state index contributed by atoms with van der Waals surface area (Å²) in [7, 11) is 1.48. The molecule has 7 nitrogen and oxygen atoms in total. The molecule has 0 radical (unpaired) electrons. The van der Waals surface area contributed by atoms with Crippen LogP contribution in [0.25, 0.3) is 0 Å². The molecule has 17 heavy (non-hydrogen) atoms. The van der Waals surface area contributed by atoms with Gasteiger partial charge in [-0.05, 0) is 19.1 Å². The molecule has 1 aromatic heterocycles. The maximum atomic E-state index is 11.0. The largest absolute Gasteiger partial charge is 0.490 e. The zero-order chi connectivity index (χ0) is 12.7. The van der Waals surface area contributed by atoms with Gasteiger partial charge in [-0.15, -0.1) is 0 Å². The summed E-state index contributed by atoms with van der Waals surface area (Å²) in [6, 6.07) is 3.01. The quantitative estimate of drug-likeness (QED) is 0.521. The van der Waals surface area contributed by atoms with E-state index in [9.17, 15) is 4.79 Å². The molecule has 0 unspecified atom stereocenters. The summed E-state index contributed by atoms with van der Waals surface area (Å²) in [5.74, 6) is 0.781. The Morgan fingerprint density at radius 1 is 1.65 bits per heavy atom. The molecule has 1 rings (SSSR count). The average molecular weight is 237 g/mol. The van der Waals surface area contributed by atoms with E-state index in [1.807, 2.05) is 6.92 Å². The summed E-state index contributed by atoms with van der Waals surface area (Å²) in [6.07, 6.45) is 1.56. The molecule has 0 bridgehead atoms. The van der Waals surface area contributed by atoms with Gasteiger partial charge in [0.05, 0.1) is 6.61 Å². The van der Waals surface area contributed by atoms with Crippen LogP contribution in [0.15, 0.2) is 23.3 Å². The van der Waals surface area contributed by atoms with Gasteiger partial charge < -0.3 is 15.8 Å². The molecule has 0 saturated carbocycles. The Morgan fingerprint density at radius 3 is 3.06 bits per heavy atom. The van der Waals surface area contributed by atoms with Crippen LogP contribution < -0.4 is 21.1 Å². The number of aromatic nitrogens is 1. The number of carbonyl (C=O) groups excluding carboxylic acids is 1. The second kappa shape index (κ2) is 6.31. The molecule has 0 aliphatic heterocycles. The first-order valence-corrected chi connectivity index (χ1v) is 5.08. The number of nitrogens with two attached hydrogens (primary N) is 1. The number of amides is 2. The van der Waals surface area contributed by atoms with E-state index in [0.29, 0.717) is 18.2 Å². The maximum absolute atomic E-state index is 11.0. The molecule has 4 N–H and O–H groups in total. The van der Waals surface area contributed by atoms with Crippen molar-refractivity contribution in [1.29, 1.82) is 0 Å². The second-order valence-electron chi connectivity index (χ2n) is 2.96. The summed E-state index contributed by atoms with van der Waals surface area (Å²) < 4.78 is 5.32. The van der Waals surface area contributed by atoms with E-state index in [2.05, 4.69) is 20.6 Å². The Hall–Kier alpha value is -2.31. The van der Waals surface area contributed by atoms with Gasteiger partial charge in [0, 0.05) is 13.2 Å². The third-order valence-corrected chi connectivity index (χ3v) is 1.75. The fourth-order valence-electron chi connectivity index (χ4n) is 1.06. The maximum Gasteiger partial charge on any atom is 0.321 e. The molecule has 0 spiro atoms. The number of urea groups is 1. The number of rotatable bonds is 3. The van der Waals surface area contributed by atoms with Gasteiger partial charge in [-0.3, -0.25) is 5.32 Å². The first-order valence-electron chi connectivity index (χ1n) is 5.08. The molecule has 0 saturated heterocycles. The fourth-order valence-corrected chi connectivity index (χ4v) is 1.06. The number of guanidine groups is 1. The van der Waals surface area contributed by atoms with Gasteiger partial charge in [0.25, 0.3) is 0 Å². The topological polar surface area (TPSA) is 102 Å². The van der Waals surface area contributed by atoms with Crippen molar-refractivity contribution in [2.24, 2.45) is 10.7 Å². The van der Waals surface area contributed by atoms with Crippen LogP contribution in [0.4, 0.5) is 10.6 Å². The molecular weight excluding hydrogens is 222 g/mol. The molecule has 0 aromatic carbocycles. The van der Waals surface area contributed by atoms with E-state index in [0.717, 1.165) is 0 Å². The predicted molar refractivity (Wildman–Crippen MR) is 64.3 cm³/mol. The van der Waals surface area contributed by atoms with Crippen molar-refractivity contribution >= 4 is 17.8 Å². The van der Waals surface area contributed by atoms with Crippen LogP contribution in [-0.2, 0) is 0 Å². The lowest BCUT2D eigenvalue weighted by molar-refractivity contribution is 0.247. The zero-order valence-corrected chi connectivity index (χ0v) is 9.73. The summed E-state index contributed by atoms with van der Waals surface area (Å²) in [5.41, 5.74) is 5.53. The van der Waals surface area contributed by atoms with Crippen molar-refractivity contribution in [2.45, 2.75) is 6.92 Å². The van der Waals surface area contributed by atoms with Gasteiger partial charge in [0.2, 0.25) is 5.96 Å². The lowest BCUT2D eigenvalue weighted by Gasteiger charge is -2.06. The summed E-state index contributed by atoms with van der Waals surface area (Å²) in [4.78, 5) is 18.9. The van der Waals surface area contributed by atoms with Crippen LogP contribution in [0.2, 0.25) is 0 Å². The van der Waals surface area contributed by atoms with Gasteiger partial charge in [-0.25, -0.2) is 9.78 Å². The number of aliphatic imine (C=N–C) groups is 1. The summed E-state index contributed by atoms with van der Waals surface area (Å²) >= 11 is 0. The minimum atomic E-state index is -0.444. The Balaban J connectivity index is 2.85. The Labute approximate surface area is 99.1 Å². The molecule has 0 aliphatic rings. The van der Waals surface area contributed by atoms with Gasteiger partial charge in [0.15, 0.2) is 11.6 Å². The van der Waals surface area contributed by atoms with Gasteiger partial charge >= 0.3 is 6.03 Å². The number of hydrogen-bond acceptors (Lipinski definition) is 4. The number of ether oxygens (including phenoxy) is 1. The average Bonchev–Trinajstić information content (AvgIpc) is 2.31. The van der Waals surface area contributed by atoms with Crippen LogP contribution in [0.5, 0.6) is 5.75 Å².